The van der Waals surface area contributed by atoms with Crippen LogP contribution in [0.15, 0.2) is 4.99 Å². The van der Waals surface area contributed by atoms with Crippen molar-refractivity contribution in [3.63, 3.8) is 0 Å². The Balaban J connectivity index is 2.54. The van der Waals surface area contributed by atoms with Gasteiger partial charge >= 0.3 is 0 Å². The molecular formula is C8H17N3. The van der Waals surface area contributed by atoms with Crippen LogP contribution in [-0.2, 0) is 0 Å². The molecule has 0 spiro atoms. The summed E-state index contributed by atoms with van der Waals surface area (Å²) in [6.45, 7) is 2.34. The Labute approximate surface area is 68.7 Å². The standard InChI is InChI=1S/C8H17N3/c1-9-8(10(2)3)11-6-4-5-7-11/h4-7H2,1-3H3. The summed E-state index contributed by atoms with van der Waals surface area (Å²) in [7, 11) is 5.94. The summed E-state index contributed by atoms with van der Waals surface area (Å²) in [6, 6.07) is 0. The quantitative estimate of drug-likeness (QED) is 0.377. The summed E-state index contributed by atoms with van der Waals surface area (Å²) in [5.74, 6) is 1.11. The van der Waals surface area contributed by atoms with E-state index >= 15 is 0 Å². The zero-order valence-electron chi connectivity index (χ0n) is 7.67. The van der Waals surface area contributed by atoms with Crippen LogP contribution in [-0.4, -0.2) is 50.0 Å². The highest BCUT2D eigenvalue weighted by Crippen LogP contribution is 2.08. The minimum Gasteiger partial charge on any atom is -0.349 e. The van der Waals surface area contributed by atoms with Crippen LogP contribution in [0.3, 0.4) is 0 Å². The van der Waals surface area contributed by atoms with E-state index < -0.39 is 0 Å². The van der Waals surface area contributed by atoms with Gasteiger partial charge in [-0.2, -0.15) is 0 Å². The number of guanidine groups is 1. The fraction of sp³-hybridized carbons (Fsp3) is 0.875. The van der Waals surface area contributed by atoms with Crippen LogP contribution in [0, 0.1) is 0 Å². The van der Waals surface area contributed by atoms with Gasteiger partial charge in [0.2, 0.25) is 0 Å². The zero-order chi connectivity index (χ0) is 8.27. The summed E-state index contributed by atoms with van der Waals surface area (Å²) in [4.78, 5) is 8.65. The number of likely N-dealkylation sites (tertiary alicyclic amines) is 1. The molecule has 1 heterocycles. The number of aliphatic imine (C=N–C) groups is 1. The molecule has 0 amide bonds. The third-order valence-electron chi connectivity index (χ3n) is 1.99. The summed E-state index contributed by atoms with van der Waals surface area (Å²) in [5, 5.41) is 0. The minimum absolute atomic E-state index is 1.11. The Hall–Kier alpha value is -0.730. The van der Waals surface area contributed by atoms with Crippen LogP contribution in [0.1, 0.15) is 12.8 Å². The maximum atomic E-state index is 4.24. The molecule has 0 aromatic heterocycles. The van der Waals surface area contributed by atoms with E-state index in [1.54, 1.807) is 0 Å². The van der Waals surface area contributed by atoms with Crippen molar-refractivity contribution in [2.45, 2.75) is 12.8 Å². The van der Waals surface area contributed by atoms with Gasteiger partial charge in [0.1, 0.15) is 0 Å². The minimum atomic E-state index is 1.11. The van der Waals surface area contributed by atoms with E-state index in [0.29, 0.717) is 0 Å². The predicted octanol–water partition coefficient (Wildman–Crippen LogP) is 0.630. The van der Waals surface area contributed by atoms with Crippen molar-refractivity contribution >= 4 is 5.96 Å². The summed E-state index contributed by atoms with van der Waals surface area (Å²) in [5.41, 5.74) is 0. The molecular weight excluding hydrogens is 138 g/mol. The molecule has 0 radical (unpaired) electrons. The van der Waals surface area contributed by atoms with E-state index in [0.717, 1.165) is 5.96 Å². The van der Waals surface area contributed by atoms with Gasteiger partial charge in [0.05, 0.1) is 0 Å². The largest absolute Gasteiger partial charge is 0.349 e. The highest BCUT2D eigenvalue weighted by molar-refractivity contribution is 5.79. The molecule has 11 heavy (non-hydrogen) atoms. The molecule has 3 heteroatoms. The van der Waals surface area contributed by atoms with Gasteiger partial charge in [0.15, 0.2) is 5.96 Å². The molecule has 0 unspecified atom stereocenters. The highest BCUT2D eigenvalue weighted by Gasteiger charge is 2.16. The van der Waals surface area contributed by atoms with Gasteiger partial charge in [-0.15, -0.1) is 0 Å². The van der Waals surface area contributed by atoms with Crippen molar-refractivity contribution in [1.29, 1.82) is 0 Å². The molecule has 1 aliphatic rings. The summed E-state index contributed by atoms with van der Waals surface area (Å²) >= 11 is 0. The smallest absolute Gasteiger partial charge is 0.195 e. The number of hydrogen-bond acceptors (Lipinski definition) is 1. The van der Waals surface area contributed by atoms with Crippen LogP contribution in [0.2, 0.25) is 0 Å². The van der Waals surface area contributed by atoms with Crippen molar-refractivity contribution in [3.8, 4) is 0 Å². The average molecular weight is 155 g/mol. The van der Waals surface area contributed by atoms with E-state index in [1.807, 2.05) is 21.1 Å². The van der Waals surface area contributed by atoms with Gasteiger partial charge in [-0.05, 0) is 12.8 Å². The van der Waals surface area contributed by atoms with E-state index in [2.05, 4.69) is 14.8 Å². The van der Waals surface area contributed by atoms with Gasteiger partial charge in [0.25, 0.3) is 0 Å². The second-order valence-corrected chi connectivity index (χ2v) is 3.11. The van der Waals surface area contributed by atoms with Gasteiger partial charge in [-0.1, -0.05) is 0 Å². The third kappa shape index (κ3) is 1.85. The van der Waals surface area contributed by atoms with E-state index in [1.165, 1.54) is 25.9 Å². The Morgan fingerprint density at radius 2 is 1.82 bits per heavy atom. The topological polar surface area (TPSA) is 18.8 Å². The molecule has 0 N–H and O–H groups in total. The van der Waals surface area contributed by atoms with Crippen LogP contribution < -0.4 is 0 Å². The summed E-state index contributed by atoms with van der Waals surface area (Å²) < 4.78 is 0. The Morgan fingerprint density at radius 3 is 2.18 bits per heavy atom. The highest BCUT2D eigenvalue weighted by atomic mass is 15.4. The van der Waals surface area contributed by atoms with Gasteiger partial charge in [-0.25, -0.2) is 0 Å². The molecule has 1 rings (SSSR count). The fourth-order valence-corrected chi connectivity index (χ4v) is 1.54. The molecule has 0 saturated carbocycles. The first-order valence-corrected chi connectivity index (χ1v) is 4.14. The van der Waals surface area contributed by atoms with E-state index in [-0.39, 0.29) is 0 Å². The Bertz CT molecular complexity index is 145. The van der Waals surface area contributed by atoms with E-state index in [9.17, 15) is 0 Å². The van der Waals surface area contributed by atoms with E-state index in [4.69, 9.17) is 0 Å². The first-order valence-electron chi connectivity index (χ1n) is 4.14. The lowest BCUT2D eigenvalue weighted by Crippen LogP contribution is -2.38. The SMILES string of the molecule is CN=C(N(C)C)N1CCCC1. The Kier molecular flexibility index (Phi) is 2.74. The summed E-state index contributed by atoms with van der Waals surface area (Å²) in [6.07, 6.45) is 2.62. The molecule has 1 fully saturated rings. The van der Waals surface area contributed by atoms with Crippen molar-refractivity contribution in [1.82, 2.24) is 9.80 Å². The van der Waals surface area contributed by atoms with Crippen molar-refractivity contribution in [2.24, 2.45) is 4.99 Å². The lowest BCUT2D eigenvalue weighted by Gasteiger charge is -2.25. The lowest BCUT2D eigenvalue weighted by atomic mass is 10.4. The molecule has 0 aromatic rings. The molecule has 0 atom stereocenters. The average Bonchev–Trinajstić information content (AvgIpc) is 2.40. The lowest BCUT2D eigenvalue weighted by molar-refractivity contribution is 0.430. The predicted molar refractivity (Wildman–Crippen MR) is 47.9 cm³/mol. The molecule has 0 aromatic carbocycles. The van der Waals surface area contributed by atoms with Crippen molar-refractivity contribution in [3.05, 3.63) is 0 Å². The number of rotatable bonds is 0. The first kappa shape index (κ1) is 8.37. The van der Waals surface area contributed by atoms with Crippen molar-refractivity contribution in [2.75, 3.05) is 34.2 Å². The maximum Gasteiger partial charge on any atom is 0.195 e. The Morgan fingerprint density at radius 1 is 1.27 bits per heavy atom. The van der Waals surface area contributed by atoms with Crippen LogP contribution in [0.4, 0.5) is 0 Å². The number of nitrogens with zero attached hydrogens (tertiary/aromatic N) is 3. The van der Waals surface area contributed by atoms with Gasteiger partial charge < -0.3 is 9.80 Å². The van der Waals surface area contributed by atoms with Crippen LogP contribution in [0.5, 0.6) is 0 Å². The van der Waals surface area contributed by atoms with Crippen LogP contribution >= 0.6 is 0 Å². The molecule has 0 bridgehead atoms. The third-order valence-corrected chi connectivity index (χ3v) is 1.99. The van der Waals surface area contributed by atoms with Gasteiger partial charge in [-0.3, -0.25) is 4.99 Å². The fourth-order valence-electron chi connectivity index (χ4n) is 1.54. The number of hydrogen-bond donors (Lipinski definition) is 0. The van der Waals surface area contributed by atoms with Gasteiger partial charge in [0, 0.05) is 34.2 Å². The molecule has 64 valence electrons. The van der Waals surface area contributed by atoms with Crippen molar-refractivity contribution < 1.29 is 0 Å². The zero-order valence-corrected chi connectivity index (χ0v) is 7.67. The molecule has 3 nitrogen and oxygen atoms in total. The second-order valence-electron chi connectivity index (χ2n) is 3.11. The maximum absolute atomic E-state index is 4.24. The second kappa shape index (κ2) is 3.60. The molecule has 0 aliphatic carbocycles. The first-order chi connectivity index (χ1) is 5.25. The molecule has 1 saturated heterocycles. The molecule has 1 aliphatic heterocycles. The monoisotopic (exact) mass is 155 g/mol. The van der Waals surface area contributed by atoms with Crippen LogP contribution in [0.25, 0.3) is 0 Å². The normalized spacial score (nSPS) is 19.2.